The average Bonchev–Trinajstić information content (AvgIpc) is 3.08. The molecule has 2 atom stereocenters. The lowest BCUT2D eigenvalue weighted by Gasteiger charge is -2.16. The molecule has 1 aliphatic rings. The number of carbonyl (C=O) groups excluding carboxylic acids is 1. The number of nitrogens with zero attached hydrogens (tertiary/aromatic N) is 1. The lowest BCUT2D eigenvalue weighted by atomic mass is 10.1. The minimum absolute atomic E-state index is 0.183. The van der Waals surface area contributed by atoms with E-state index < -0.39 is 18.0 Å². The molecule has 8 heteroatoms. The van der Waals surface area contributed by atoms with Gasteiger partial charge in [0.1, 0.15) is 6.04 Å². The second-order valence-electron chi connectivity index (χ2n) is 4.76. The van der Waals surface area contributed by atoms with Crippen LogP contribution in [0.2, 0.25) is 0 Å². The number of carboxylic acid groups (broad SMARTS) is 1. The zero-order valence-corrected chi connectivity index (χ0v) is 11.8. The molecular weight excluding hydrogens is 280 g/mol. The summed E-state index contributed by atoms with van der Waals surface area (Å²) in [6, 6.07) is -1.40. The third kappa shape index (κ3) is 4.44. The molecule has 0 saturated carbocycles. The second-order valence-corrected chi connectivity index (χ2v) is 5.91. The van der Waals surface area contributed by atoms with Crippen molar-refractivity contribution in [3.63, 3.8) is 0 Å². The number of aromatic nitrogens is 2. The largest absolute Gasteiger partial charge is 0.480 e. The topological polar surface area (TPSA) is 107 Å². The molecule has 1 aromatic rings. The second kappa shape index (κ2) is 7.18. The maximum absolute atomic E-state index is 11.7. The van der Waals surface area contributed by atoms with E-state index in [0.29, 0.717) is 18.2 Å². The minimum Gasteiger partial charge on any atom is -0.480 e. The molecule has 20 heavy (non-hydrogen) atoms. The van der Waals surface area contributed by atoms with Crippen LogP contribution in [0.15, 0.2) is 12.5 Å². The van der Waals surface area contributed by atoms with Crippen molar-refractivity contribution in [3.05, 3.63) is 18.2 Å². The van der Waals surface area contributed by atoms with E-state index in [1.165, 1.54) is 6.33 Å². The van der Waals surface area contributed by atoms with Gasteiger partial charge in [0, 0.05) is 24.9 Å². The van der Waals surface area contributed by atoms with Gasteiger partial charge >= 0.3 is 12.0 Å². The van der Waals surface area contributed by atoms with Crippen molar-refractivity contribution in [1.29, 1.82) is 0 Å². The fourth-order valence-corrected chi connectivity index (χ4v) is 3.29. The van der Waals surface area contributed by atoms with E-state index in [1.54, 1.807) is 6.20 Å². The van der Waals surface area contributed by atoms with Crippen LogP contribution in [-0.4, -0.2) is 51.2 Å². The predicted molar refractivity (Wildman–Crippen MR) is 75.7 cm³/mol. The standard InChI is InChI=1S/C12H18N4O3S/c17-11(18)10(3-9-5-13-7-15-9)16-12(19)14-4-8-1-2-20-6-8/h5,7-8,10H,1-4,6H2,(H,13,15)(H,17,18)(H2,14,16,19)/t8?,10-/m1/s1. The van der Waals surface area contributed by atoms with E-state index in [-0.39, 0.29) is 6.42 Å². The molecule has 0 bridgehead atoms. The first-order valence-electron chi connectivity index (χ1n) is 6.47. The van der Waals surface area contributed by atoms with E-state index in [9.17, 15) is 9.59 Å². The number of carboxylic acids is 1. The first-order chi connectivity index (χ1) is 9.65. The van der Waals surface area contributed by atoms with Crippen LogP contribution in [0.25, 0.3) is 0 Å². The van der Waals surface area contributed by atoms with Gasteiger partial charge in [0.25, 0.3) is 0 Å². The van der Waals surface area contributed by atoms with Gasteiger partial charge in [-0.3, -0.25) is 0 Å². The van der Waals surface area contributed by atoms with Crippen molar-refractivity contribution >= 4 is 23.8 Å². The number of aromatic amines is 1. The fourth-order valence-electron chi connectivity index (χ4n) is 2.01. The monoisotopic (exact) mass is 298 g/mol. The van der Waals surface area contributed by atoms with Crippen LogP contribution in [0.5, 0.6) is 0 Å². The van der Waals surface area contributed by atoms with E-state index in [1.807, 2.05) is 11.8 Å². The van der Waals surface area contributed by atoms with E-state index in [2.05, 4.69) is 20.6 Å². The van der Waals surface area contributed by atoms with Crippen molar-refractivity contribution in [2.75, 3.05) is 18.1 Å². The smallest absolute Gasteiger partial charge is 0.326 e. The summed E-state index contributed by atoms with van der Waals surface area (Å²) in [4.78, 5) is 29.5. The van der Waals surface area contributed by atoms with Gasteiger partial charge in [-0.25, -0.2) is 14.6 Å². The maximum atomic E-state index is 11.7. The van der Waals surface area contributed by atoms with Gasteiger partial charge in [-0.1, -0.05) is 0 Å². The number of H-pyrrole nitrogens is 1. The van der Waals surface area contributed by atoms with Crippen LogP contribution in [0.4, 0.5) is 4.79 Å². The summed E-state index contributed by atoms with van der Waals surface area (Å²) in [5.41, 5.74) is 0.671. The molecule has 2 heterocycles. The fraction of sp³-hybridized carbons (Fsp3) is 0.583. The zero-order valence-electron chi connectivity index (χ0n) is 11.0. The predicted octanol–water partition coefficient (Wildman–Crippen LogP) is 0.458. The Morgan fingerprint density at radius 1 is 1.60 bits per heavy atom. The highest BCUT2D eigenvalue weighted by Crippen LogP contribution is 2.22. The summed E-state index contributed by atoms with van der Waals surface area (Å²) in [5, 5.41) is 14.3. The van der Waals surface area contributed by atoms with Crippen molar-refractivity contribution in [1.82, 2.24) is 20.6 Å². The average molecular weight is 298 g/mol. The van der Waals surface area contributed by atoms with Crippen molar-refractivity contribution in [2.24, 2.45) is 5.92 Å². The van der Waals surface area contributed by atoms with Gasteiger partial charge in [-0.15, -0.1) is 0 Å². The van der Waals surface area contributed by atoms with Gasteiger partial charge in [0.2, 0.25) is 0 Å². The van der Waals surface area contributed by atoms with Crippen LogP contribution < -0.4 is 10.6 Å². The summed E-state index contributed by atoms with van der Waals surface area (Å²) >= 11 is 1.88. The van der Waals surface area contributed by atoms with Crippen LogP contribution in [-0.2, 0) is 11.2 Å². The quantitative estimate of drug-likeness (QED) is 0.610. The molecule has 1 saturated heterocycles. The third-order valence-corrected chi connectivity index (χ3v) is 4.39. The Morgan fingerprint density at radius 2 is 2.45 bits per heavy atom. The summed E-state index contributed by atoms with van der Waals surface area (Å²) in [5.74, 6) is 1.61. The lowest BCUT2D eigenvalue weighted by Crippen LogP contribution is -2.48. The van der Waals surface area contributed by atoms with Gasteiger partial charge in [-0.05, 0) is 23.8 Å². The van der Waals surface area contributed by atoms with Gasteiger partial charge in [0.05, 0.1) is 6.33 Å². The van der Waals surface area contributed by atoms with E-state index in [4.69, 9.17) is 5.11 Å². The number of hydrogen-bond acceptors (Lipinski definition) is 4. The Morgan fingerprint density at radius 3 is 3.05 bits per heavy atom. The summed E-state index contributed by atoms with van der Waals surface area (Å²) in [7, 11) is 0. The van der Waals surface area contributed by atoms with Gasteiger partial charge < -0.3 is 20.7 Å². The van der Waals surface area contributed by atoms with Gasteiger partial charge in [0.15, 0.2) is 0 Å². The summed E-state index contributed by atoms with van der Waals surface area (Å²) < 4.78 is 0. The van der Waals surface area contributed by atoms with Crippen LogP contribution >= 0.6 is 11.8 Å². The number of hydrogen-bond donors (Lipinski definition) is 4. The summed E-state index contributed by atoms with van der Waals surface area (Å²) in [6.45, 7) is 0.592. The highest BCUT2D eigenvalue weighted by atomic mass is 32.2. The molecule has 1 fully saturated rings. The minimum atomic E-state index is -1.06. The van der Waals surface area contributed by atoms with Crippen molar-refractivity contribution in [2.45, 2.75) is 18.9 Å². The molecule has 0 radical (unpaired) electrons. The normalized spacial score (nSPS) is 19.5. The maximum Gasteiger partial charge on any atom is 0.326 e. The van der Waals surface area contributed by atoms with Crippen molar-refractivity contribution < 1.29 is 14.7 Å². The molecule has 1 aliphatic heterocycles. The molecule has 0 spiro atoms. The first kappa shape index (κ1) is 14.7. The van der Waals surface area contributed by atoms with Crippen LogP contribution in [0.3, 0.4) is 0 Å². The molecule has 0 aromatic carbocycles. The number of aliphatic carboxylic acids is 1. The SMILES string of the molecule is O=C(NCC1CCSC1)N[C@H](Cc1cnc[nH]1)C(=O)O. The van der Waals surface area contributed by atoms with Gasteiger partial charge in [-0.2, -0.15) is 11.8 Å². The highest BCUT2D eigenvalue weighted by Gasteiger charge is 2.22. The molecule has 4 N–H and O–H groups in total. The number of amides is 2. The Labute approximate surface area is 120 Å². The Kier molecular flexibility index (Phi) is 5.28. The molecule has 2 rings (SSSR count). The molecular formula is C12H18N4O3S. The molecule has 2 amide bonds. The molecule has 1 unspecified atom stereocenters. The highest BCUT2D eigenvalue weighted by molar-refractivity contribution is 7.99. The number of nitrogens with one attached hydrogen (secondary N) is 3. The number of rotatable bonds is 6. The zero-order chi connectivity index (χ0) is 14.4. The molecule has 0 aliphatic carbocycles. The van der Waals surface area contributed by atoms with E-state index in [0.717, 1.165) is 17.9 Å². The Hall–Kier alpha value is -1.70. The molecule has 7 nitrogen and oxygen atoms in total. The van der Waals surface area contributed by atoms with Crippen molar-refractivity contribution in [3.8, 4) is 0 Å². The number of imidazole rings is 1. The first-order valence-corrected chi connectivity index (χ1v) is 7.63. The molecule has 110 valence electrons. The number of urea groups is 1. The number of thioether (sulfide) groups is 1. The van der Waals surface area contributed by atoms with Crippen LogP contribution in [0.1, 0.15) is 12.1 Å². The Bertz CT molecular complexity index is 446. The van der Waals surface area contributed by atoms with Crippen LogP contribution in [0, 0.1) is 5.92 Å². The molecule has 1 aromatic heterocycles. The Balaban J connectivity index is 1.78. The van der Waals surface area contributed by atoms with E-state index >= 15 is 0 Å². The summed E-state index contributed by atoms with van der Waals surface area (Å²) in [6.07, 6.45) is 4.31. The lowest BCUT2D eigenvalue weighted by molar-refractivity contribution is -0.139. The number of carbonyl (C=O) groups is 2. The third-order valence-electron chi connectivity index (χ3n) is 3.16.